The van der Waals surface area contributed by atoms with Crippen LogP contribution in [0.5, 0.6) is 0 Å². The Morgan fingerprint density at radius 2 is 1.79 bits per heavy atom. The predicted molar refractivity (Wildman–Crippen MR) is 112 cm³/mol. The molecule has 0 saturated carbocycles. The van der Waals surface area contributed by atoms with E-state index in [4.69, 9.17) is 0 Å². The maximum absolute atomic E-state index is 12.8. The van der Waals surface area contributed by atoms with Crippen molar-refractivity contribution in [3.8, 4) is 5.69 Å². The number of carbonyl (C=O) groups excluding carboxylic acids is 2. The Labute approximate surface area is 170 Å². The van der Waals surface area contributed by atoms with Crippen molar-refractivity contribution >= 4 is 17.5 Å². The summed E-state index contributed by atoms with van der Waals surface area (Å²) in [4.78, 5) is 25.6. The van der Waals surface area contributed by atoms with Crippen LogP contribution in [0.1, 0.15) is 52.8 Å². The zero-order valence-electron chi connectivity index (χ0n) is 17.3. The smallest absolute Gasteiger partial charge is 0.274 e. The number of amides is 2. The number of nitrogens with one attached hydrogen (secondary N) is 2. The van der Waals surface area contributed by atoms with Crippen LogP contribution in [0.4, 0.5) is 5.69 Å². The van der Waals surface area contributed by atoms with Crippen LogP contribution < -0.4 is 10.6 Å². The number of rotatable bonds is 5. The minimum atomic E-state index is -0.295. The van der Waals surface area contributed by atoms with Gasteiger partial charge in [0.2, 0.25) is 5.91 Å². The van der Waals surface area contributed by atoms with Crippen molar-refractivity contribution in [1.82, 2.24) is 20.3 Å². The Hall–Kier alpha value is -3.48. The summed E-state index contributed by atoms with van der Waals surface area (Å²) >= 11 is 0. The molecule has 0 aliphatic heterocycles. The van der Waals surface area contributed by atoms with E-state index in [2.05, 4.69) is 26.9 Å². The third-order valence-corrected chi connectivity index (χ3v) is 4.62. The molecule has 0 fully saturated rings. The summed E-state index contributed by atoms with van der Waals surface area (Å²) in [6.45, 7) is 9.13. The molecule has 1 aromatic heterocycles. The van der Waals surface area contributed by atoms with Crippen LogP contribution >= 0.6 is 0 Å². The second-order valence-corrected chi connectivity index (χ2v) is 7.22. The third-order valence-electron chi connectivity index (χ3n) is 4.62. The minimum absolute atomic E-state index is 0.141. The lowest BCUT2D eigenvalue weighted by molar-refractivity contribution is -0.114. The second-order valence-electron chi connectivity index (χ2n) is 7.22. The Kier molecular flexibility index (Phi) is 5.77. The lowest BCUT2D eigenvalue weighted by atomic mass is 10.1. The van der Waals surface area contributed by atoms with Gasteiger partial charge in [-0.25, -0.2) is 0 Å². The van der Waals surface area contributed by atoms with Crippen molar-refractivity contribution in [3.63, 3.8) is 0 Å². The molecule has 7 heteroatoms. The summed E-state index contributed by atoms with van der Waals surface area (Å²) in [6, 6.07) is 13.1. The molecule has 2 amide bonds. The van der Waals surface area contributed by atoms with Gasteiger partial charge < -0.3 is 10.6 Å². The average Bonchev–Trinajstić information content (AvgIpc) is 3.02. The van der Waals surface area contributed by atoms with Gasteiger partial charge in [0.25, 0.3) is 5.91 Å². The molecular weight excluding hydrogens is 366 g/mol. The fourth-order valence-electron chi connectivity index (χ4n) is 3.16. The number of nitrogens with zero attached hydrogens (tertiary/aromatic N) is 3. The molecule has 0 spiro atoms. The molecule has 150 valence electrons. The van der Waals surface area contributed by atoms with Gasteiger partial charge >= 0.3 is 0 Å². The van der Waals surface area contributed by atoms with Crippen LogP contribution in [0.2, 0.25) is 0 Å². The molecule has 1 atom stereocenters. The van der Waals surface area contributed by atoms with E-state index < -0.39 is 0 Å². The van der Waals surface area contributed by atoms with Gasteiger partial charge in [-0.15, -0.1) is 5.10 Å². The first kappa shape index (κ1) is 20.3. The largest absolute Gasteiger partial charge is 0.344 e. The van der Waals surface area contributed by atoms with Crippen molar-refractivity contribution in [2.45, 2.75) is 40.7 Å². The van der Waals surface area contributed by atoms with E-state index in [0.29, 0.717) is 11.4 Å². The van der Waals surface area contributed by atoms with E-state index in [1.807, 2.05) is 51.1 Å². The molecule has 0 aliphatic carbocycles. The summed E-state index contributed by atoms with van der Waals surface area (Å²) in [5, 5.41) is 14.5. The van der Waals surface area contributed by atoms with Gasteiger partial charge in [0.05, 0.1) is 17.4 Å². The maximum atomic E-state index is 12.8. The van der Waals surface area contributed by atoms with Crippen molar-refractivity contribution < 1.29 is 9.59 Å². The first-order chi connectivity index (χ1) is 13.7. The molecule has 0 bridgehead atoms. The van der Waals surface area contributed by atoms with Gasteiger partial charge in [0.15, 0.2) is 5.69 Å². The van der Waals surface area contributed by atoms with Crippen LogP contribution in [0.25, 0.3) is 5.69 Å². The van der Waals surface area contributed by atoms with E-state index in [-0.39, 0.29) is 23.6 Å². The van der Waals surface area contributed by atoms with E-state index in [1.54, 1.807) is 13.0 Å². The lowest BCUT2D eigenvalue weighted by Crippen LogP contribution is -2.27. The van der Waals surface area contributed by atoms with Crippen molar-refractivity contribution in [1.29, 1.82) is 0 Å². The molecule has 7 nitrogen and oxygen atoms in total. The molecule has 1 unspecified atom stereocenters. The molecule has 29 heavy (non-hydrogen) atoms. The normalized spacial score (nSPS) is 11.8. The van der Waals surface area contributed by atoms with Crippen molar-refractivity contribution in [2.75, 3.05) is 5.32 Å². The van der Waals surface area contributed by atoms with Gasteiger partial charge in [-0.05, 0) is 57.0 Å². The number of hydrogen-bond acceptors (Lipinski definition) is 4. The fourth-order valence-corrected chi connectivity index (χ4v) is 3.16. The van der Waals surface area contributed by atoms with Crippen LogP contribution in [-0.4, -0.2) is 26.8 Å². The van der Waals surface area contributed by atoms with Crippen LogP contribution in [0, 0.1) is 20.8 Å². The molecular formula is C22H25N5O2. The third kappa shape index (κ3) is 4.68. The fraction of sp³-hybridized carbons (Fsp3) is 0.273. The Morgan fingerprint density at radius 3 is 2.48 bits per heavy atom. The monoisotopic (exact) mass is 391 g/mol. The van der Waals surface area contributed by atoms with Crippen molar-refractivity contribution in [2.24, 2.45) is 0 Å². The Bertz CT molecular complexity index is 1070. The SMILES string of the molecule is CC(=O)Nc1cccc(C(C)NC(=O)c2nn(-c3ccc(C)cc3C)nc2C)c1. The molecule has 0 radical (unpaired) electrons. The van der Waals surface area contributed by atoms with Gasteiger partial charge in [-0.1, -0.05) is 29.8 Å². The number of anilines is 1. The summed E-state index contributed by atoms with van der Waals surface area (Å²) in [5.74, 6) is -0.437. The molecule has 0 aliphatic rings. The molecule has 2 aromatic carbocycles. The minimum Gasteiger partial charge on any atom is -0.344 e. The van der Waals surface area contributed by atoms with Crippen LogP contribution in [-0.2, 0) is 4.79 Å². The molecule has 1 heterocycles. The number of carbonyl (C=O) groups is 2. The highest BCUT2D eigenvalue weighted by Crippen LogP contribution is 2.19. The quantitative estimate of drug-likeness (QED) is 0.695. The topological polar surface area (TPSA) is 88.9 Å². The zero-order chi connectivity index (χ0) is 21.1. The first-order valence-electron chi connectivity index (χ1n) is 9.44. The number of benzene rings is 2. The van der Waals surface area contributed by atoms with E-state index in [0.717, 1.165) is 22.4 Å². The highest BCUT2D eigenvalue weighted by Gasteiger charge is 2.19. The summed E-state index contributed by atoms with van der Waals surface area (Å²) in [6.07, 6.45) is 0. The standard InChI is InChI=1S/C22H25N5O2/c1-13-9-10-20(14(2)11-13)27-25-16(4)21(26-27)22(29)23-15(3)18-7-6-8-19(12-18)24-17(5)28/h6-12,15H,1-5H3,(H,23,29)(H,24,28). The summed E-state index contributed by atoms with van der Waals surface area (Å²) in [7, 11) is 0. The predicted octanol–water partition coefficient (Wildman–Crippen LogP) is 3.64. The highest BCUT2D eigenvalue weighted by molar-refractivity contribution is 5.93. The Balaban J connectivity index is 1.79. The van der Waals surface area contributed by atoms with Gasteiger partial charge in [-0.2, -0.15) is 9.90 Å². The van der Waals surface area contributed by atoms with Gasteiger partial charge in [0, 0.05) is 12.6 Å². The van der Waals surface area contributed by atoms with Crippen molar-refractivity contribution in [3.05, 3.63) is 70.5 Å². The number of aromatic nitrogens is 3. The lowest BCUT2D eigenvalue weighted by Gasteiger charge is -2.15. The number of hydrogen-bond donors (Lipinski definition) is 2. The first-order valence-corrected chi connectivity index (χ1v) is 9.44. The second kappa shape index (κ2) is 8.26. The van der Waals surface area contributed by atoms with E-state index in [9.17, 15) is 9.59 Å². The van der Waals surface area contributed by atoms with Crippen LogP contribution in [0.15, 0.2) is 42.5 Å². The maximum Gasteiger partial charge on any atom is 0.274 e. The highest BCUT2D eigenvalue weighted by atomic mass is 16.2. The summed E-state index contributed by atoms with van der Waals surface area (Å²) in [5.41, 5.74) is 5.45. The zero-order valence-corrected chi connectivity index (χ0v) is 17.3. The van der Waals surface area contributed by atoms with E-state index >= 15 is 0 Å². The van der Waals surface area contributed by atoms with Gasteiger partial charge in [-0.3, -0.25) is 9.59 Å². The molecule has 3 rings (SSSR count). The average molecular weight is 391 g/mol. The summed E-state index contributed by atoms with van der Waals surface area (Å²) < 4.78 is 0. The molecule has 2 N–H and O–H groups in total. The Morgan fingerprint density at radius 1 is 1.03 bits per heavy atom. The number of aryl methyl sites for hydroxylation is 3. The van der Waals surface area contributed by atoms with Crippen LogP contribution in [0.3, 0.4) is 0 Å². The molecule has 3 aromatic rings. The molecule has 0 saturated heterocycles. The van der Waals surface area contributed by atoms with Gasteiger partial charge in [0.1, 0.15) is 0 Å². The van der Waals surface area contributed by atoms with E-state index in [1.165, 1.54) is 11.7 Å².